The molecule has 0 fully saturated rings. The fraction of sp³-hybridized carbons (Fsp3) is 0.769. The SMILES string of the molecule is CCCNc1nnc(C(=O)NCCOCCC(C)C)s1. The summed E-state index contributed by atoms with van der Waals surface area (Å²) in [5.74, 6) is 0.444. The van der Waals surface area contributed by atoms with E-state index in [2.05, 4.69) is 41.6 Å². The number of ether oxygens (including phenoxy) is 1. The lowest BCUT2D eigenvalue weighted by Crippen LogP contribution is -2.27. The minimum atomic E-state index is -0.195. The van der Waals surface area contributed by atoms with E-state index in [1.807, 2.05) is 0 Å². The molecule has 0 atom stereocenters. The van der Waals surface area contributed by atoms with Crippen molar-refractivity contribution in [2.45, 2.75) is 33.6 Å². The van der Waals surface area contributed by atoms with Crippen LogP contribution in [0.2, 0.25) is 0 Å². The molecule has 20 heavy (non-hydrogen) atoms. The first kappa shape index (κ1) is 16.8. The zero-order valence-electron chi connectivity index (χ0n) is 12.4. The van der Waals surface area contributed by atoms with E-state index in [9.17, 15) is 4.79 Å². The van der Waals surface area contributed by atoms with Crippen LogP contribution in [-0.4, -0.2) is 42.4 Å². The first-order valence-electron chi connectivity index (χ1n) is 7.06. The number of hydrogen-bond donors (Lipinski definition) is 2. The molecule has 0 aromatic carbocycles. The Labute approximate surface area is 124 Å². The van der Waals surface area contributed by atoms with E-state index in [0.29, 0.717) is 29.2 Å². The summed E-state index contributed by atoms with van der Waals surface area (Å²) in [6.07, 6.45) is 2.05. The summed E-state index contributed by atoms with van der Waals surface area (Å²) in [4.78, 5) is 11.8. The Morgan fingerprint density at radius 3 is 2.80 bits per heavy atom. The molecule has 1 heterocycles. The van der Waals surface area contributed by atoms with Gasteiger partial charge in [-0.15, -0.1) is 10.2 Å². The van der Waals surface area contributed by atoms with Crippen molar-refractivity contribution in [3.8, 4) is 0 Å². The Bertz CT molecular complexity index is 395. The van der Waals surface area contributed by atoms with Crippen LogP contribution >= 0.6 is 11.3 Å². The molecule has 0 aliphatic heterocycles. The molecule has 1 aromatic heterocycles. The number of anilines is 1. The number of rotatable bonds is 10. The summed E-state index contributed by atoms with van der Waals surface area (Å²) in [5.41, 5.74) is 0. The summed E-state index contributed by atoms with van der Waals surface area (Å²) in [6, 6.07) is 0. The van der Waals surface area contributed by atoms with Gasteiger partial charge in [-0.25, -0.2) is 0 Å². The second kappa shape index (κ2) is 9.66. The third kappa shape index (κ3) is 6.81. The molecule has 0 radical (unpaired) electrons. The molecule has 1 rings (SSSR count). The van der Waals surface area contributed by atoms with E-state index in [-0.39, 0.29) is 5.91 Å². The van der Waals surface area contributed by atoms with Crippen molar-refractivity contribution in [3.63, 3.8) is 0 Å². The van der Waals surface area contributed by atoms with Crippen LogP contribution in [0, 0.1) is 5.92 Å². The van der Waals surface area contributed by atoms with E-state index in [4.69, 9.17) is 4.74 Å². The van der Waals surface area contributed by atoms with Crippen molar-refractivity contribution < 1.29 is 9.53 Å². The van der Waals surface area contributed by atoms with Gasteiger partial charge in [-0.2, -0.15) is 0 Å². The van der Waals surface area contributed by atoms with Crippen LogP contribution in [0.5, 0.6) is 0 Å². The predicted octanol–water partition coefficient (Wildman–Crippen LogP) is 2.15. The number of amides is 1. The lowest BCUT2D eigenvalue weighted by molar-refractivity contribution is 0.0905. The molecule has 0 aliphatic carbocycles. The van der Waals surface area contributed by atoms with Gasteiger partial charge in [-0.3, -0.25) is 4.79 Å². The highest BCUT2D eigenvalue weighted by atomic mass is 32.1. The first-order chi connectivity index (χ1) is 9.63. The summed E-state index contributed by atoms with van der Waals surface area (Å²) < 4.78 is 5.43. The number of carbonyl (C=O) groups is 1. The molecule has 0 spiro atoms. The van der Waals surface area contributed by atoms with E-state index >= 15 is 0 Å². The molecule has 2 N–H and O–H groups in total. The van der Waals surface area contributed by atoms with Crippen LogP contribution < -0.4 is 10.6 Å². The molecule has 0 saturated carbocycles. The third-order valence-electron chi connectivity index (χ3n) is 2.52. The molecule has 0 unspecified atom stereocenters. The van der Waals surface area contributed by atoms with Gasteiger partial charge in [-0.1, -0.05) is 32.1 Å². The highest BCUT2D eigenvalue weighted by Crippen LogP contribution is 2.14. The van der Waals surface area contributed by atoms with Crippen molar-refractivity contribution >= 4 is 22.4 Å². The van der Waals surface area contributed by atoms with Crippen LogP contribution in [0.25, 0.3) is 0 Å². The fourth-order valence-electron chi connectivity index (χ4n) is 1.35. The van der Waals surface area contributed by atoms with Crippen LogP contribution in [0.15, 0.2) is 0 Å². The molecule has 114 valence electrons. The summed E-state index contributed by atoms with van der Waals surface area (Å²) in [7, 11) is 0. The van der Waals surface area contributed by atoms with Gasteiger partial charge in [0.15, 0.2) is 0 Å². The monoisotopic (exact) mass is 300 g/mol. The van der Waals surface area contributed by atoms with Crippen molar-refractivity contribution in [3.05, 3.63) is 5.01 Å². The van der Waals surface area contributed by atoms with Gasteiger partial charge in [0.05, 0.1) is 6.61 Å². The smallest absolute Gasteiger partial charge is 0.282 e. The fourth-order valence-corrected chi connectivity index (χ4v) is 2.04. The van der Waals surface area contributed by atoms with Crippen LogP contribution in [0.3, 0.4) is 0 Å². The van der Waals surface area contributed by atoms with E-state index < -0.39 is 0 Å². The molecule has 0 saturated heterocycles. The lowest BCUT2D eigenvalue weighted by atomic mass is 10.1. The molecule has 1 amide bonds. The minimum Gasteiger partial charge on any atom is -0.380 e. The lowest BCUT2D eigenvalue weighted by Gasteiger charge is -2.06. The summed E-state index contributed by atoms with van der Waals surface area (Å²) in [5, 5.41) is 14.7. The minimum absolute atomic E-state index is 0.195. The van der Waals surface area contributed by atoms with Crippen molar-refractivity contribution in [2.75, 3.05) is 31.6 Å². The maximum Gasteiger partial charge on any atom is 0.282 e. The molecular weight excluding hydrogens is 276 g/mol. The van der Waals surface area contributed by atoms with Crippen LogP contribution in [0.4, 0.5) is 5.13 Å². The summed E-state index contributed by atoms with van der Waals surface area (Å²) in [6.45, 7) is 8.97. The van der Waals surface area contributed by atoms with Crippen molar-refractivity contribution in [2.24, 2.45) is 5.92 Å². The predicted molar refractivity (Wildman–Crippen MR) is 81.3 cm³/mol. The van der Waals surface area contributed by atoms with Crippen molar-refractivity contribution in [1.29, 1.82) is 0 Å². The molecule has 7 heteroatoms. The number of nitrogens with one attached hydrogen (secondary N) is 2. The number of hydrogen-bond acceptors (Lipinski definition) is 6. The average molecular weight is 300 g/mol. The van der Waals surface area contributed by atoms with Gasteiger partial charge in [0.25, 0.3) is 5.91 Å². The summed E-state index contributed by atoms with van der Waals surface area (Å²) >= 11 is 1.27. The molecule has 1 aromatic rings. The largest absolute Gasteiger partial charge is 0.380 e. The Kier molecular flexibility index (Phi) is 8.13. The van der Waals surface area contributed by atoms with Crippen LogP contribution in [0.1, 0.15) is 43.4 Å². The highest BCUT2D eigenvalue weighted by Gasteiger charge is 2.11. The van der Waals surface area contributed by atoms with Gasteiger partial charge in [0, 0.05) is 19.7 Å². The topological polar surface area (TPSA) is 76.1 Å². The zero-order valence-corrected chi connectivity index (χ0v) is 13.3. The highest BCUT2D eigenvalue weighted by molar-refractivity contribution is 7.17. The molecule has 0 bridgehead atoms. The van der Waals surface area contributed by atoms with E-state index in [1.165, 1.54) is 11.3 Å². The molecule has 6 nitrogen and oxygen atoms in total. The van der Waals surface area contributed by atoms with Gasteiger partial charge in [0.2, 0.25) is 10.1 Å². The number of aromatic nitrogens is 2. The standard InChI is InChI=1S/C13H24N4O2S/c1-4-6-15-13-17-16-12(20-13)11(18)14-7-9-19-8-5-10(2)3/h10H,4-9H2,1-3H3,(H,14,18)(H,15,17). The van der Waals surface area contributed by atoms with Gasteiger partial charge < -0.3 is 15.4 Å². The van der Waals surface area contributed by atoms with Crippen LogP contribution in [-0.2, 0) is 4.74 Å². The van der Waals surface area contributed by atoms with E-state index in [1.54, 1.807) is 0 Å². The Morgan fingerprint density at radius 2 is 2.10 bits per heavy atom. The zero-order chi connectivity index (χ0) is 14.8. The molecular formula is C13H24N4O2S. The van der Waals surface area contributed by atoms with Gasteiger partial charge in [-0.05, 0) is 18.8 Å². The van der Waals surface area contributed by atoms with Gasteiger partial charge in [0.1, 0.15) is 0 Å². The second-order valence-electron chi connectivity index (χ2n) is 4.89. The quantitative estimate of drug-likeness (QED) is 0.648. The first-order valence-corrected chi connectivity index (χ1v) is 7.88. The molecule has 0 aliphatic rings. The number of nitrogens with zero attached hydrogens (tertiary/aromatic N) is 2. The van der Waals surface area contributed by atoms with Gasteiger partial charge >= 0.3 is 0 Å². The Balaban J connectivity index is 2.17. The maximum atomic E-state index is 11.8. The Hall–Kier alpha value is -1.21. The second-order valence-corrected chi connectivity index (χ2v) is 5.87. The van der Waals surface area contributed by atoms with E-state index in [0.717, 1.165) is 26.0 Å². The normalized spacial score (nSPS) is 10.8. The van der Waals surface area contributed by atoms with Crippen molar-refractivity contribution in [1.82, 2.24) is 15.5 Å². The maximum absolute atomic E-state index is 11.8. The Morgan fingerprint density at radius 1 is 1.30 bits per heavy atom. The number of carbonyl (C=O) groups excluding carboxylic acids is 1. The average Bonchev–Trinajstić information content (AvgIpc) is 2.88. The third-order valence-corrected chi connectivity index (χ3v) is 3.40.